The van der Waals surface area contributed by atoms with Crippen molar-refractivity contribution in [1.82, 2.24) is 5.32 Å². The highest BCUT2D eigenvalue weighted by Crippen LogP contribution is 2.26. The van der Waals surface area contributed by atoms with Crippen LogP contribution in [0.3, 0.4) is 0 Å². The molecule has 0 unspecified atom stereocenters. The van der Waals surface area contributed by atoms with Gasteiger partial charge in [-0.15, -0.1) is 11.5 Å². The third-order valence-electron chi connectivity index (χ3n) is 2.34. The normalized spacial score (nSPS) is 13.3. The summed E-state index contributed by atoms with van der Waals surface area (Å²) in [7, 11) is 0.782. The molecule has 2 heteroatoms. The summed E-state index contributed by atoms with van der Waals surface area (Å²) in [6.45, 7) is 15.8. The third kappa shape index (κ3) is 7.64. The summed E-state index contributed by atoms with van der Waals surface area (Å²) in [5.41, 5.74) is 3.74. The molecule has 0 saturated heterocycles. The van der Waals surface area contributed by atoms with Crippen molar-refractivity contribution in [3.63, 3.8) is 0 Å². The molecule has 0 aliphatic rings. The lowest BCUT2D eigenvalue weighted by atomic mass is 9.81. The predicted molar refractivity (Wildman–Crippen MR) is 72.7 cm³/mol. The first kappa shape index (κ1) is 14.7. The van der Waals surface area contributed by atoms with E-state index in [1.54, 1.807) is 0 Å². The predicted octanol–water partition coefficient (Wildman–Crippen LogP) is 3.28. The molecule has 0 saturated carbocycles. The highest BCUT2D eigenvalue weighted by Gasteiger charge is 2.26. The van der Waals surface area contributed by atoms with E-state index in [9.17, 15) is 0 Å². The maximum Gasteiger partial charge on any atom is 0.129 e. The van der Waals surface area contributed by atoms with Gasteiger partial charge in [-0.3, -0.25) is 0 Å². The van der Waals surface area contributed by atoms with Gasteiger partial charge in [0, 0.05) is 11.0 Å². The Labute approximate surface area is 97.0 Å². The Balaban J connectivity index is 4.62. The average molecular weight is 225 g/mol. The highest BCUT2D eigenvalue weighted by atomic mass is 28.3. The topological polar surface area (TPSA) is 12.0 Å². The molecule has 0 aliphatic heterocycles. The first-order valence-electron chi connectivity index (χ1n) is 5.71. The van der Waals surface area contributed by atoms with Gasteiger partial charge in [0.2, 0.25) is 0 Å². The fourth-order valence-electron chi connectivity index (χ4n) is 1.59. The van der Waals surface area contributed by atoms with Crippen LogP contribution in [0.15, 0.2) is 0 Å². The molecule has 0 bridgehead atoms. The van der Waals surface area contributed by atoms with Crippen LogP contribution in [0.2, 0.25) is 19.6 Å². The van der Waals surface area contributed by atoms with Gasteiger partial charge in [-0.25, -0.2) is 0 Å². The summed E-state index contributed by atoms with van der Waals surface area (Å²) in [6, 6.07) is 0. The maximum atomic E-state index is 3.47. The van der Waals surface area contributed by atoms with Gasteiger partial charge in [0.1, 0.15) is 8.07 Å². The zero-order chi connectivity index (χ0) is 12.3. The molecule has 0 fully saturated rings. The van der Waals surface area contributed by atoms with Crippen LogP contribution in [0.4, 0.5) is 0 Å². The summed E-state index contributed by atoms with van der Waals surface area (Å²) in [4.78, 5) is 0. The average Bonchev–Trinajstić information content (AvgIpc) is 1.98. The zero-order valence-electron chi connectivity index (χ0n) is 11.7. The summed E-state index contributed by atoms with van der Waals surface area (Å²) in [5, 5.41) is 3.34. The van der Waals surface area contributed by atoms with E-state index in [0.29, 0.717) is 0 Å². The Morgan fingerprint density at radius 2 is 1.53 bits per heavy atom. The third-order valence-corrected chi connectivity index (χ3v) is 3.21. The van der Waals surface area contributed by atoms with Gasteiger partial charge >= 0.3 is 0 Å². The lowest BCUT2D eigenvalue weighted by Crippen LogP contribution is -2.40. The van der Waals surface area contributed by atoms with E-state index in [2.05, 4.69) is 64.1 Å². The first-order chi connectivity index (χ1) is 6.47. The molecule has 88 valence electrons. The van der Waals surface area contributed by atoms with Crippen LogP contribution >= 0.6 is 0 Å². The monoisotopic (exact) mass is 225 g/mol. The van der Waals surface area contributed by atoms with Gasteiger partial charge in [0.05, 0.1) is 0 Å². The molecule has 0 amide bonds. The van der Waals surface area contributed by atoms with Crippen LogP contribution in [0, 0.1) is 16.9 Å². The van der Waals surface area contributed by atoms with Crippen molar-refractivity contribution in [3.05, 3.63) is 0 Å². The second kappa shape index (κ2) is 4.72. The Morgan fingerprint density at radius 1 is 1.07 bits per heavy atom. The first-order valence-corrected chi connectivity index (χ1v) is 9.21. The quantitative estimate of drug-likeness (QED) is 0.574. The SMILES string of the molecule is CNC(C)(C)CC(C)(C)C#C[Si](C)(C)C. The largest absolute Gasteiger partial charge is 0.315 e. The summed E-state index contributed by atoms with van der Waals surface area (Å²) < 4.78 is 0. The maximum absolute atomic E-state index is 3.47. The van der Waals surface area contributed by atoms with Crippen LogP contribution in [-0.2, 0) is 0 Å². The molecule has 0 aliphatic carbocycles. The number of rotatable bonds is 3. The van der Waals surface area contributed by atoms with Crippen molar-refractivity contribution in [2.75, 3.05) is 7.05 Å². The summed E-state index contributed by atoms with van der Waals surface area (Å²) in [5.74, 6) is 3.46. The van der Waals surface area contributed by atoms with Crippen LogP contribution in [0.1, 0.15) is 34.1 Å². The molecule has 0 atom stereocenters. The van der Waals surface area contributed by atoms with Gasteiger partial charge in [-0.2, -0.15) is 0 Å². The lowest BCUT2D eigenvalue weighted by Gasteiger charge is -2.31. The number of hydrogen-bond donors (Lipinski definition) is 1. The van der Waals surface area contributed by atoms with Crippen molar-refractivity contribution < 1.29 is 0 Å². The number of hydrogen-bond acceptors (Lipinski definition) is 1. The van der Waals surface area contributed by atoms with E-state index in [1.165, 1.54) is 0 Å². The standard InChI is InChI=1S/C13H27NSi/c1-12(2,9-10-15(6,7)8)11-13(3,4)14-5/h14H,11H2,1-8H3. The van der Waals surface area contributed by atoms with Crippen LogP contribution < -0.4 is 5.32 Å². The van der Waals surface area contributed by atoms with E-state index in [4.69, 9.17) is 0 Å². The van der Waals surface area contributed by atoms with Gasteiger partial charge in [-0.1, -0.05) is 19.6 Å². The van der Waals surface area contributed by atoms with Crippen LogP contribution in [-0.4, -0.2) is 20.7 Å². The fraction of sp³-hybridized carbons (Fsp3) is 0.846. The van der Waals surface area contributed by atoms with Gasteiger partial charge < -0.3 is 5.32 Å². The van der Waals surface area contributed by atoms with Gasteiger partial charge in [-0.05, 0) is 41.2 Å². The molecule has 0 aromatic heterocycles. The summed E-state index contributed by atoms with van der Waals surface area (Å²) in [6.07, 6.45) is 1.08. The van der Waals surface area contributed by atoms with Crippen molar-refractivity contribution in [2.24, 2.45) is 5.41 Å². The fourth-order valence-corrected chi connectivity index (χ4v) is 2.31. The van der Waals surface area contributed by atoms with Crippen molar-refractivity contribution >= 4 is 8.07 Å². The molecule has 0 aromatic carbocycles. The van der Waals surface area contributed by atoms with E-state index in [-0.39, 0.29) is 11.0 Å². The minimum Gasteiger partial charge on any atom is -0.315 e. The molecule has 1 N–H and O–H groups in total. The summed E-state index contributed by atoms with van der Waals surface area (Å²) >= 11 is 0. The minimum absolute atomic E-state index is 0.104. The molecule has 0 rings (SSSR count). The molecular formula is C13H27NSi. The van der Waals surface area contributed by atoms with Crippen molar-refractivity contribution in [1.29, 1.82) is 0 Å². The molecule has 15 heavy (non-hydrogen) atoms. The Kier molecular flexibility index (Phi) is 4.63. The van der Waals surface area contributed by atoms with E-state index in [0.717, 1.165) is 6.42 Å². The smallest absolute Gasteiger partial charge is 0.129 e. The second-order valence-electron chi connectivity index (χ2n) is 6.69. The molecular weight excluding hydrogens is 198 g/mol. The Morgan fingerprint density at radius 3 is 1.87 bits per heavy atom. The molecule has 0 spiro atoms. The van der Waals surface area contributed by atoms with E-state index in [1.807, 2.05) is 7.05 Å². The van der Waals surface area contributed by atoms with E-state index < -0.39 is 8.07 Å². The second-order valence-corrected chi connectivity index (χ2v) is 11.4. The molecule has 0 heterocycles. The van der Waals surface area contributed by atoms with E-state index >= 15 is 0 Å². The van der Waals surface area contributed by atoms with Crippen LogP contribution in [0.25, 0.3) is 0 Å². The Hall–Kier alpha value is -0.263. The van der Waals surface area contributed by atoms with Gasteiger partial charge in [0.25, 0.3) is 0 Å². The molecule has 1 nitrogen and oxygen atoms in total. The highest BCUT2D eigenvalue weighted by molar-refractivity contribution is 6.83. The van der Waals surface area contributed by atoms with Crippen molar-refractivity contribution in [2.45, 2.75) is 59.3 Å². The zero-order valence-corrected chi connectivity index (χ0v) is 12.7. The Bertz CT molecular complexity index is 260. The lowest BCUT2D eigenvalue weighted by molar-refractivity contribution is 0.292. The van der Waals surface area contributed by atoms with Crippen molar-refractivity contribution in [3.8, 4) is 11.5 Å². The molecule has 0 radical (unpaired) electrons. The number of nitrogens with one attached hydrogen (secondary N) is 1. The minimum atomic E-state index is -1.23. The molecule has 0 aromatic rings. The van der Waals surface area contributed by atoms with Gasteiger partial charge in [0.15, 0.2) is 0 Å². The van der Waals surface area contributed by atoms with Crippen LogP contribution in [0.5, 0.6) is 0 Å².